The Balaban J connectivity index is 0.00000484. The first-order valence-electron chi connectivity index (χ1n) is 6.05. The maximum absolute atomic E-state index is 11.4. The Morgan fingerprint density at radius 3 is 1.87 bits per heavy atom. The summed E-state index contributed by atoms with van der Waals surface area (Å²) in [7, 11) is -4.91. The van der Waals surface area contributed by atoms with Crippen molar-refractivity contribution in [1.82, 2.24) is 0 Å². The van der Waals surface area contributed by atoms with Crippen molar-refractivity contribution < 1.29 is 42.2 Å². The van der Waals surface area contributed by atoms with Gasteiger partial charge in [-0.3, -0.25) is 4.55 Å². The van der Waals surface area contributed by atoms with E-state index in [-0.39, 0.29) is 42.8 Å². The summed E-state index contributed by atoms with van der Waals surface area (Å²) in [5.41, 5.74) is -1.49. The second-order valence-electron chi connectivity index (χ2n) is 3.91. The molecule has 11 heteroatoms. The minimum atomic E-state index is -4.91. The zero-order chi connectivity index (χ0) is 17.1. The van der Waals surface area contributed by atoms with Crippen LogP contribution >= 0.6 is 0 Å². The first-order chi connectivity index (χ1) is 10.1. The van der Waals surface area contributed by atoms with Gasteiger partial charge in [-0.05, 0) is 19.9 Å². The molecule has 0 atom stereocenters. The van der Waals surface area contributed by atoms with E-state index in [0.29, 0.717) is 6.07 Å². The molecule has 0 amide bonds. The minimum absolute atomic E-state index is 0. The molecule has 124 valence electrons. The Kier molecular flexibility index (Phi) is 8.01. The van der Waals surface area contributed by atoms with Crippen molar-refractivity contribution in [2.75, 3.05) is 13.2 Å². The van der Waals surface area contributed by atoms with Crippen LogP contribution < -0.4 is 9.47 Å². The van der Waals surface area contributed by atoms with Crippen LogP contribution in [0.4, 0.5) is 0 Å². The normalized spacial score (nSPS) is 10.6. The van der Waals surface area contributed by atoms with Gasteiger partial charge in [0.05, 0.1) is 13.2 Å². The number of ether oxygens (including phenoxy) is 2. The second kappa shape index (κ2) is 8.50. The van der Waals surface area contributed by atoms with Crippen LogP contribution in [0.25, 0.3) is 0 Å². The predicted octanol–water partition coefficient (Wildman–Crippen LogP) is 0.479. The van der Waals surface area contributed by atoms with Crippen LogP contribution in [0.5, 0.6) is 11.5 Å². The molecule has 0 saturated carbocycles. The van der Waals surface area contributed by atoms with Gasteiger partial charge in [0.25, 0.3) is 10.1 Å². The van der Waals surface area contributed by atoms with Crippen molar-refractivity contribution >= 4 is 51.6 Å². The fraction of sp³-hybridized carbons (Fsp3) is 0.333. The Hall–Kier alpha value is -1.33. The molecule has 0 aromatic heterocycles. The summed E-state index contributed by atoms with van der Waals surface area (Å²) in [5.74, 6) is -4.48. The number of carboxylic acid groups (broad SMARTS) is 2. The van der Waals surface area contributed by atoms with Crippen molar-refractivity contribution in [1.29, 1.82) is 0 Å². The van der Waals surface area contributed by atoms with Crippen LogP contribution in [-0.4, -0.2) is 77.9 Å². The van der Waals surface area contributed by atoms with Crippen molar-refractivity contribution in [2.24, 2.45) is 0 Å². The molecular weight excluding hydrogens is 343 g/mol. The van der Waals surface area contributed by atoms with Crippen molar-refractivity contribution in [3.63, 3.8) is 0 Å². The topological polar surface area (TPSA) is 147 Å². The SMILES string of the molecule is CCOc1c(C(=O)O)cc(S(=O)(=O)O)c(OCC)c1C(=O)O.[NaH]. The number of hydrogen-bond acceptors (Lipinski definition) is 6. The predicted molar refractivity (Wildman–Crippen MR) is 79.7 cm³/mol. The number of rotatable bonds is 7. The molecule has 0 spiro atoms. The van der Waals surface area contributed by atoms with E-state index in [1.54, 1.807) is 0 Å². The van der Waals surface area contributed by atoms with E-state index in [4.69, 9.17) is 14.6 Å². The quantitative estimate of drug-likeness (QED) is 0.467. The third kappa shape index (κ3) is 4.82. The molecule has 0 aliphatic heterocycles. The first-order valence-corrected chi connectivity index (χ1v) is 7.49. The standard InChI is InChI=1S/C12H14O9S.Na.H/c1-3-20-9-6(11(13)14)5-7(22(17,18)19)10(21-4-2)8(9)12(15)16;;/h5H,3-4H2,1-2H3,(H,13,14)(H,15,16)(H,17,18,19);;. The van der Waals surface area contributed by atoms with Gasteiger partial charge in [0.2, 0.25) is 0 Å². The number of carboxylic acids is 2. The number of carbonyl (C=O) groups is 2. The molecule has 0 aliphatic rings. The van der Waals surface area contributed by atoms with Gasteiger partial charge in [-0.25, -0.2) is 9.59 Å². The van der Waals surface area contributed by atoms with Crippen LogP contribution in [-0.2, 0) is 10.1 Å². The summed E-state index contributed by atoms with van der Waals surface area (Å²) in [6.07, 6.45) is 0. The van der Waals surface area contributed by atoms with Gasteiger partial charge in [-0.15, -0.1) is 0 Å². The summed E-state index contributed by atoms with van der Waals surface area (Å²) in [4.78, 5) is 21.7. The Morgan fingerprint density at radius 1 is 1.04 bits per heavy atom. The molecule has 0 fully saturated rings. The van der Waals surface area contributed by atoms with Crippen molar-refractivity contribution in [3.8, 4) is 11.5 Å². The molecule has 0 radical (unpaired) electrons. The van der Waals surface area contributed by atoms with E-state index in [1.165, 1.54) is 13.8 Å². The average molecular weight is 358 g/mol. The van der Waals surface area contributed by atoms with E-state index >= 15 is 0 Å². The number of hydrogen-bond donors (Lipinski definition) is 3. The summed E-state index contributed by atoms with van der Waals surface area (Å²) < 4.78 is 42.0. The molecule has 0 heterocycles. The van der Waals surface area contributed by atoms with Crippen LogP contribution in [0.1, 0.15) is 34.6 Å². The van der Waals surface area contributed by atoms with Gasteiger partial charge < -0.3 is 19.7 Å². The summed E-state index contributed by atoms with van der Waals surface area (Å²) in [6.45, 7) is 2.79. The third-order valence-corrected chi connectivity index (χ3v) is 3.36. The fourth-order valence-electron chi connectivity index (χ4n) is 1.75. The van der Waals surface area contributed by atoms with Crippen LogP contribution in [0.3, 0.4) is 0 Å². The summed E-state index contributed by atoms with van der Waals surface area (Å²) >= 11 is 0. The number of aromatic carboxylic acids is 2. The van der Waals surface area contributed by atoms with E-state index < -0.39 is 49.6 Å². The van der Waals surface area contributed by atoms with Gasteiger partial charge in [0.1, 0.15) is 16.0 Å². The molecule has 1 rings (SSSR count). The first kappa shape index (κ1) is 21.7. The maximum atomic E-state index is 11.4. The molecular formula is C12H15NaO9S. The Bertz CT molecular complexity index is 712. The van der Waals surface area contributed by atoms with Crippen molar-refractivity contribution in [3.05, 3.63) is 17.2 Å². The van der Waals surface area contributed by atoms with E-state index in [1.807, 2.05) is 0 Å². The molecule has 0 saturated heterocycles. The summed E-state index contributed by atoms with van der Waals surface area (Å²) in [6, 6.07) is 0.597. The molecule has 1 aromatic rings. The molecule has 1 aromatic carbocycles. The Labute approximate surface area is 154 Å². The monoisotopic (exact) mass is 358 g/mol. The fourth-order valence-corrected chi connectivity index (χ4v) is 2.41. The average Bonchev–Trinajstić information content (AvgIpc) is 2.37. The van der Waals surface area contributed by atoms with Crippen LogP contribution in [0, 0.1) is 0 Å². The zero-order valence-electron chi connectivity index (χ0n) is 11.7. The van der Waals surface area contributed by atoms with Gasteiger partial charge in [-0.1, -0.05) is 0 Å². The molecule has 9 nitrogen and oxygen atoms in total. The Morgan fingerprint density at radius 2 is 1.52 bits per heavy atom. The van der Waals surface area contributed by atoms with Crippen molar-refractivity contribution in [2.45, 2.75) is 18.7 Å². The van der Waals surface area contributed by atoms with Gasteiger partial charge in [-0.2, -0.15) is 8.42 Å². The van der Waals surface area contributed by atoms with Gasteiger partial charge in [0.15, 0.2) is 11.5 Å². The van der Waals surface area contributed by atoms with E-state index in [2.05, 4.69) is 0 Å². The molecule has 0 bridgehead atoms. The molecule has 3 N–H and O–H groups in total. The zero-order valence-corrected chi connectivity index (χ0v) is 12.5. The van der Waals surface area contributed by atoms with Crippen LogP contribution in [0.15, 0.2) is 11.0 Å². The number of benzene rings is 1. The van der Waals surface area contributed by atoms with E-state index in [9.17, 15) is 27.7 Å². The van der Waals surface area contributed by atoms with Crippen LogP contribution in [0.2, 0.25) is 0 Å². The molecule has 0 unspecified atom stereocenters. The van der Waals surface area contributed by atoms with Gasteiger partial charge in [0, 0.05) is 0 Å². The molecule has 23 heavy (non-hydrogen) atoms. The van der Waals surface area contributed by atoms with Gasteiger partial charge >= 0.3 is 41.5 Å². The second-order valence-corrected chi connectivity index (χ2v) is 5.30. The van der Waals surface area contributed by atoms with E-state index in [0.717, 1.165) is 0 Å². The molecule has 0 aliphatic carbocycles. The summed E-state index contributed by atoms with van der Waals surface area (Å²) in [5, 5.41) is 18.4. The third-order valence-electron chi connectivity index (χ3n) is 2.50.